The second kappa shape index (κ2) is 10.2. The minimum atomic E-state index is -0.368. The average Bonchev–Trinajstić information content (AvgIpc) is 3.14. The lowest BCUT2D eigenvalue weighted by Crippen LogP contribution is -2.33. The van der Waals surface area contributed by atoms with Gasteiger partial charge in [0.25, 0.3) is 0 Å². The number of nitrogens with one attached hydrogen (secondary N) is 1. The first-order chi connectivity index (χ1) is 14.5. The normalized spacial score (nSPS) is 12.0. The maximum atomic E-state index is 14.2. The molecule has 0 aliphatic rings. The molecule has 0 fully saturated rings. The van der Waals surface area contributed by atoms with E-state index in [1.165, 1.54) is 17.8 Å². The first-order valence-corrected chi connectivity index (χ1v) is 10.8. The molecule has 156 valence electrons. The maximum Gasteiger partial charge on any atom is 0.230 e. The van der Waals surface area contributed by atoms with E-state index in [1.807, 2.05) is 30.3 Å². The molecule has 0 aliphatic heterocycles. The fraction of sp³-hybridized carbons (Fsp3) is 0.261. The number of amides is 1. The first kappa shape index (κ1) is 21.8. The third-order valence-electron chi connectivity index (χ3n) is 4.62. The smallest absolute Gasteiger partial charge is 0.230 e. The van der Waals surface area contributed by atoms with E-state index in [2.05, 4.69) is 35.9 Å². The largest absolute Gasteiger partial charge is 0.348 e. The molecule has 0 saturated heterocycles. The van der Waals surface area contributed by atoms with Crippen LogP contribution in [0.4, 0.5) is 4.39 Å². The van der Waals surface area contributed by atoms with Gasteiger partial charge in [0.15, 0.2) is 11.0 Å². The Hall–Kier alpha value is -2.93. The van der Waals surface area contributed by atoms with Crippen LogP contribution in [0.2, 0.25) is 0 Å². The highest BCUT2D eigenvalue weighted by Gasteiger charge is 2.20. The summed E-state index contributed by atoms with van der Waals surface area (Å²) in [6.45, 7) is 8.33. The summed E-state index contributed by atoms with van der Waals surface area (Å²) in [6.07, 6.45) is 1.70. The Bertz CT molecular complexity index is 1000. The summed E-state index contributed by atoms with van der Waals surface area (Å²) < 4.78 is 16.0. The van der Waals surface area contributed by atoms with Gasteiger partial charge in [-0.25, -0.2) is 4.39 Å². The molecule has 0 radical (unpaired) electrons. The van der Waals surface area contributed by atoms with Crippen LogP contribution < -0.4 is 5.32 Å². The van der Waals surface area contributed by atoms with Gasteiger partial charge in [-0.15, -0.1) is 16.8 Å². The molecule has 2 aromatic carbocycles. The highest BCUT2D eigenvalue weighted by molar-refractivity contribution is 7.99. The highest BCUT2D eigenvalue weighted by atomic mass is 32.2. The van der Waals surface area contributed by atoms with Crippen LogP contribution >= 0.6 is 11.8 Å². The number of benzene rings is 2. The van der Waals surface area contributed by atoms with Crippen LogP contribution in [-0.4, -0.2) is 26.4 Å². The number of hydrogen-bond acceptors (Lipinski definition) is 4. The van der Waals surface area contributed by atoms with Gasteiger partial charge in [0.2, 0.25) is 5.91 Å². The summed E-state index contributed by atoms with van der Waals surface area (Å²) in [7, 11) is 0. The second-order valence-electron chi connectivity index (χ2n) is 7.17. The second-order valence-corrected chi connectivity index (χ2v) is 8.12. The van der Waals surface area contributed by atoms with Crippen LogP contribution in [0, 0.1) is 11.7 Å². The van der Waals surface area contributed by atoms with E-state index >= 15 is 0 Å². The minimum Gasteiger partial charge on any atom is -0.348 e. The van der Waals surface area contributed by atoms with E-state index in [1.54, 1.807) is 28.8 Å². The zero-order valence-corrected chi connectivity index (χ0v) is 17.9. The molecule has 0 spiro atoms. The van der Waals surface area contributed by atoms with Gasteiger partial charge in [0, 0.05) is 6.54 Å². The van der Waals surface area contributed by atoms with Gasteiger partial charge in [-0.3, -0.25) is 9.36 Å². The third-order valence-corrected chi connectivity index (χ3v) is 5.58. The van der Waals surface area contributed by atoms with Gasteiger partial charge in [-0.2, -0.15) is 0 Å². The van der Waals surface area contributed by atoms with Crippen molar-refractivity contribution in [3.05, 3.63) is 78.6 Å². The highest BCUT2D eigenvalue weighted by Crippen LogP contribution is 2.26. The number of rotatable bonds is 9. The molecular weight excluding hydrogens is 399 g/mol. The molecule has 0 saturated carbocycles. The van der Waals surface area contributed by atoms with Crippen molar-refractivity contribution in [3.8, 4) is 11.4 Å². The van der Waals surface area contributed by atoms with E-state index in [0.29, 0.717) is 23.1 Å². The molecule has 1 amide bonds. The van der Waals surface area contributed by atoms with Crippen molar-refractivity contribution in [2.75, 3.05) is 5.75 Å². The van der Waals surface area contributed by atoms with Gasteiger partial charge in [0.05, 0.1) is 17.4 Å². The van der Waals surface area contributed by atoms with Crippen LogP contribution in [0.25, 0.3) is 11.4 Å². The summed E-state index contributed by atoms with van der Waals surface area (Å²) in [5.41, 5.74) is 1.44. The van der Waals surface area contributed by atoms with E-state index < -0.39 is 0 Å². The molecule has 3 rings (SSSR count). The van der Waals surface area contributed by atoms with Gasteiger partial charge >= 0.3 is 0 Å². The molecule has 1 unspecified atom stereocenters. The van der Waals surface area contributed by atoms with Crippen LogP contribution in [0.15, 0.2) is 72.4 Å². The fourth-order valence-electron chi connectivity index (χ4n) is 3.17. The molecule has 30 heavy (non-hydrogen) atoms. The molecule has 7 heteroatoms. The fourth-order valence-corrected chi connectivity index (χ4v) is 3.93. The zero-order valence-electron chi connectivity index (χ0n) is 17.1. The number of aromatic nitrogens is 3. The predicted molar refractivity (Wildman–Crippen MR) is 119 cm³/mol. The van der Waals surface area contributed by atoms with Crippen molar-refractivity contribution in [2.24, 2.45) is 5.92 Å². The number of hydrogen-bond donors (Lipinski definition) is 1. The lowest BCUT2D eigenvalue weighted by Gasteiger charge is -2.22. The molecule has 0 aliphatic carbocycles. The minimum absolute atomic E-state index is 0.0701. The lowest BCUT2D eigenvalue weighted by atomic mass is 9.96. The quantitative estimate of drug-likeness (QED) is 0.393. The topological polar surface area (TPSA) is 59.8 Å². The molecule has 1 atom stereocenters. The van der Waals surface area contributed by atoms with Crippen LogP contribution in [0.1, 0.15) is 25.5 Å². The number of allylic oxidation sites excluding steroid dienone is 1. The monoisotopic (exact) mass is 424 g/mol. The molecule has 1 N–H and O–H groups in total. The van der Waals surface area contributed by atoms with Crippen molar-refractivity contribution in [2.45, 2.75) is 31.6 Å². The van der Waals surface area contributed by atoms with Crippen molar-refractivity contribution in [3.63, 3.8) is 0 Å². The van der Waals surface area contributed by atoms with Crippen molar-refractivity contribution in [1.29, 1.82) is 0 Å². The van der Waals surface area contributed by atoms with Crippen LogP contribution in [0.3, 0.4) is 0 Å². The van der Waals surface area contributed by atoms with E-state index in [-0.39, 0.29) is 29.4 Å². The Labute approximate surface area is 180 Å². The van der Waals surface area contributed by atoms with Crippen molar-refractivity contribution < 1.29 is 9.18 Å². The summed E-state index contributed by atoms with van der Waals surface area (Å²) in [5, 5.41) is 12.0. The Morgan fingerprint density at radius 3 is 2.53 bits per heavy atom. The van der Waals surface area contributed by atoms with Gasteiger partial charge in [0.1, 0.15) is 5.82 Å². The Balaban J connectivity index is 1.73. The molecule has 1 heterocycles. The first-order valence-electron chi connectivity index (χ1n) is 9.77. The summed E-state index contributed by atoms with van der Waals surface area (Å²) in [4.78, 5) is 12.6. The summed E-state index contributed by atoms with van der Waals surface area (Å²) in [5.74, 6) is 0.386. The zero-order chi connectivity index (χ0) is 21.5. The molecule has 0 bridgehead atoms. The number of carbonyl (C=O) groups excluding carboxylic acids is 1. The Morgan fingerprint density at radius 2 is 1.87 bits per heavy atom. The molecule has 5 nitrogen and oxygen atoms in total. The maximum absolute atomic E-state index is 14.2. The van der Waals surface area contributed by atoms with Gasteiger partial charge in [-0.1, -0.05) is 74.1 Å². The molecular formula is C23H25FN4OS. The van der Waals surface area contributed by atoms with Crippen LogP contribution in [0.5, 0.6) is 0 Å². The molecule has 1 aromatic heterocycles. The van der Waals surface area contributed by atoms with Crippen molar-refractivity contribution >= 4 is 17.7 Å². The number of halogens is 1. The Morgan fingerprint density at radius 1 is 1.17 bits per heavy atom. The van der Waals surface area contributed by atoms with Crippen LogP contribution in [-0.2, 0) is 11.3 Å². The summed E-state index contributed by atoms with van der Waals surface area (Å²) in [6, 6.07) is 16.3. The third kappa shape index (κ3) is 5.16. The number of thioether (sulfide) groups is 1. The number of nitrogens with zero attached hydrogens (tertiary/aromatic N) is 3. The molecule has 3 aromatic rings. The standard InChI is InChI=1S/C23H25FN4OS/c1-4-14-28-22(18-12-8-9-13-19(18)24)26-27-23(28)30-15-20(29)25-21(16(2)3)17-10-6-5-7-11-17/h4-13,16,21H,1,14-15H2,2-3H3,(H,25,29). The lowest BCUT2D eigenvalue weighted by molar-refractivity contribution is -0.119. The number of carbonyl (C=O) groups is 1. The summed E-state index contributed by atoms with van der Waals surface area (Å²) >= 11 is 1.27. The van der Waals surface area contributed by atoms with Gasteiger partial charge in [-0.05, 0) is 23.6 Å². The SMILES string of the molecule is C=CCn1c(SCC(=O)NC(c2ccccc2)C(C)C)nnc1-c1ccccc1F. The van der Waals surface area contributed by atoms with E-state index in [9.17, 15) is 9.18 Å². The Kier molecular flexibility index (Phi) is 7.41. The predicted octanol–water partition coefficient (Wildman–Crippen LogP) is 4.88. The van der Waals surface area contributed by atoms with E-state index in [0.717, 1.165) is 5.56 Å². The van der Waals surface area contributed by atoms with Gasteiger partial charge < -0.3 is 5.32 Å². The average molecular weight is 425 g/mol. The van der Waals surface area contributed by atoms with Crippen molar-refractivity contribution in [1.82, 2.24) is 20.1 Å². The van der Waals surface area contributed by atoms with E-state index in [4.69, 9.17) is 0 Å².